The van der Waals surface area contributed by atoms with E-state index < -0.39 is 0 Å². The first-order chi connectivity index (χ1) is 6.77. The molecule has 14 heavy (non-hydrogen) atoms. The van der Waals surface area contributed by atoms with Crippen LogP contribution in [0, 0.1) is 0 Å². The molecule has 74 valence electrons. The van der Waals surface area contributed by atoms with Gasteiger partial charge in [-0.15, -0.1) is 0 Å². The minimum Gasteiger partial charge on any atom is -0.356 e. The van der Waals surface area contributed by atoms with E-state index in [1.165, 1.54) is 0 Å². The minimum absolute atomic E-state index is 0.0148. The monoisotopic (exact) mass is 209 g/mol. The van der Waals surface area contributed by atoms with Gasteiger partial charge < -0.3 is 5.32 Å². The molecule has 1 aliphatic rings. The summed E-state index contributed by atoms with van der Waals surface area (Å²) in [5.74, 6) is 0.152. The molecule has 0 aliphatic carbocycles. The first-order valence-corrected chi connectivity index (χ1v) is 5.18. The van der Waals surface area contributed by atoms with Crippen molar-refractivity contribution < 1.29 is 4.79 Å². The van der Waals surface area contributed by atoms with E-state index in [-0.39, 0.29) is 11.8 Å². The maximum atomic E-state index is 11.5. The van der Waals surface area contributed by atoms with E-state index in [1.807, 2.05) is 24.3 Å². The van der Waals surface area contributed by atoms with Gasteiger partial charge in [0.15, 0.2) is 0 Å². The smallest absolute Gasteiger partial charge is 0.227 e. The van der Waals surface area contributed by atoms with Crippen molar-refractivity contribution in [1.29, 1.82) is 0 Å². The Bertz CT molecular complexity index is 334. The summed E-state index contributed by atoms with van der Waals surface area (Å²) in [5, 5.41) is 3.59. The number of carbonyl (C=O) groups is 1. The van der Waals surface area contributed by atoms with Crippen molar-refractivity contribution >= 4 is 17.5 Å². The molecule has 0 bridgehead atoms. The standard InChI is InChI=1S/C11H12ClNO/c12-9-5-3-8(4-6-9)10-2-1-7-13-11(10)14/h3-6,10H,1-2,7H2,(H,13,14)/t10-/m0/s1. The van der Waals surface area contributed by atoms with Gasteiger partial charge in [-0.25, -0.2) is 0 Å². The van der Waals surface area contributed by atoms with E-state index in [4.69, 9.17) is 11.6 Å². The number of carbonyl (C=O) groups excluding carboxylic acids is 1. The number of halogens is 1. The molecule has 3 heteroatoms. The van der Waals surface area contributed by atoms with Crippen LogP contribution in [-0.4, -0.2) is 12.5 Å². The van der Waals surface area contributed by atoms with Gasteiger partial charge >= 0.3 is 0 Å². The van der Waals surface area contributed by atoms with Crippen molar-refractivity contribution in [2.24, 2.45) is 0 Å². The average molecular weight is 210 g/mol. The molecule has 1 fully saturated rings. The molecule has 0 unspecified atom stereocenters. The third kappa shape index (κ3) is 1.90. The van der Waals surface area contributed by atoms with Crippen LogP contribution in [0.2, 0.25) is 5.02 Å². The molecule has 0 saturated carbocycles. The Morgan fingerprint density at radius 3 is 2.64 bits per heavy atom. The fourth-order valence-corrected chi connectivity index (χ4v) is 1.91. The molecular weight excluding hydrogens is 198 g/mol. The third-order valence-corrected chi connectivity index (χ3v) is 2.81. The molecule has 1 aromatic rings. The second-order valence-electron chi connectivity index (χ2n) is 3.54. The van der Waals surface area contributed by atoms with E-state index in [9.17, 15) is 4.79 Å². The highest BCUT2D eigenvalue weighted by molar-refractivity contribution is 6.30. The second kappa shape index (κ2) is 4.01. The summed E-state index contributed by atoms with van der Waals surface area (Å²) in [6, 6.07) is 7.52. The van der Waals surface area contributed by atoms with E-state index >= 15 is 0 Å². The van der Waals surface area contributed by atoms with Crippen molar-refractivity contribution in [1.82, 2.24) is 5.32 Å². The van der Waals surface area contributed by atoms with Crippen LogP contribution in [0.25, 0.3) is 0 Å². The largest absolute Gasteiger partial charge is 0.356 e. The Morgan fingerprint density at radius 2 is 2.00 bits per heavy atom. The number of nitrogens with one attached hydrogen (secondary N) is 1. The lowest BCUT2D eigenvalue weighted by atomic mass is 9.91. The molecule has 0 spiro atoms. The van der Waals surface area contributed by atoms with Crippen molar-refractivity contribution in [3.63, 3.8) is 0 Å². The predicted molar refractivity (Wildman–Crippen MR) is 56.4 cm³/mol. The Kier molecular flexibility index (Phi) is 2.73. The minimum atomic E-state index is 0.0148. The Hall–Kier alpha value is -1.02. The molecule has 1 saturated heterocycles. The van der Waals surface area contributed by atoms with Crippen LogP contribution < -0.4 is 5.32 Å². The molecule has 1 atom stereocenters. The van der Waals surface area contributed by atoms with Crippen molar-refractivity contribution in [3.05, 3.63) is 34.9 Å². The van der Waals surface area contributed by atoms with E-state index in [1.54, 1.807) is 0 Å². The third-order valence-electron chi connectivity index (χ3n) is 2.56. The number of rotatable bonds is 1. The topological polar surface area (TPSA) is 29.1 Å². The number of hydrogen-bond acceptors (Lipinski definition) is 1. The van der Waals surface area contributed by atoms with Gasteiger partial charge in [-0.3, -0.25) is 4.79 Å². The SMILES string of the molecule is O=C1NCCC[C@H]1c1ccc(Cl)cc1. The van der Waals surface area contributed by atoms with Crippen molar-refractivity contribution in [3.8, 4) is 0 Å². The highest BCUT2D eigenvalue weighted by Gasteiger charge is 2.23. The van der Waals surface area contributed by atoms with E-state index in [0.717, 1.165) is 24.9 Å². The van der Waals surface area contributed by atoms with Gasteiger partial charge in [0.2, 0.25) is 5.91 Å². The molecule has 2 rings (SSSR count). The lowest BCUT2D eigenvalue weighted by Gasteiger charge is -2.21. The number of benzene rings is 1. The number of amides is 1. The molecule has 1 N–H and O–H groups in total. The zero-order valence-corrected chi connectivity index (χ0v) is 8.55. The van der Waals surface area contributed by atoms with Crippen LogP contribution in [0.1, 0.15) is 24.3 Å². The summed E-state index contributed by atoms with van der Waals surface area (Å²) in [6.07, 6.45) is 1.99. The van der Waals surface area contributed by atoms with Gasteiger partial charge in [0.25, 0.3) is 0 Å². The molecular formula is C11H12ClNO. The quantitative estimate of drug-likeness (QED) is 0.756. The summed E-state index contributed by atoms with van der Waals surface area (Å²) < 4.78 is 0. The van der Waals surface area contributed by atoms with Crippen LogP contribution in [0.4, 0.5) is 0 Å². The number of piperidine rings is 1. The maximum Gasteiger partial charge on any atom is 0.227 e. The molecule has 1 aromatic carbocycles. The summed E-state index contributed by atoms with van der Waals surface area (Å²) >= 11 is 5.79. The number of hydrogen-bond donors (Lipinski definition) is 1. The molecule has 1 aliphatic heterocycles. The fraction of sp³-hybridized carbons (Fsp3) is 0.364. The molecule has 1 amide bonds. The highest BCUT2D eigenvalue weighted by Crippen LogP contribution is 2.25. The van der Waals surface area contributed by atoms with Gasteiger partial charge in [0, 0.05) is 11.6 Å². The first kappa shape index (κ1) is 9.53. The molecule has 0 radical (unpaired) electrons. The molecule has 1 heterocycles. The van der Waals surface area contributed by atoms with Crippen molar-refractivity contribution in [2.75, 3.05) is 6.54 Å². The van der Waals surface area contributed by atoms with Gasteiger partial charge in [-0.05, 0) is 30.5 Å². The average Bonchev–Trinajstić information content (AvgIpc) is 2.20. The summed E-state index contributed by atoms with van der Waals surface area (Å²) in [5.41, 5.74) is 1.06. The molecule has 0 aromatic heterocycles. The Labute approximate surface area is 88.3 Å². The second-order valence-corrected chi connectivity index (χ2v) is 3.97. The predicted octanol–water partition coefficient (Wildman–Crippen LogP) is 2.33. The van der Waals surface area contributed by atoms with Gasteiger partial charge in [0.05, 0.1) is 5.92 Å². The van der Waals surface area contributed by atoms with Crippen LogP contribution in [0.3, 0.4) is 0 Å². The lowest BCUT2D eigenvalue weighted by molar-refractivity contribution is -0.123. The van der Waals surface area contributed by atoms with Crippen LogP contribution in [0.15, 0.2) is 24.3 Å². The van der Waals surface area contributed by atoms with Crippen LogP contribution >= 0.6 is 11.6 Å². The Balaban J connectivity index is 2.20. The Morgan fingerprint density at radius 1 is 1.29 bits per heavy atom. The molecule has 2 nitrogen and oxygen atoms in total. The zero-order valence-electron chi connectivity index (χ0n) is 7.79. The van der Waals surface area contributed by atoms with Gasteiger partial charge in [0.1, 0.15) is 0 Å². The van der Waals surface area contributed by atoms with Gasteiger partial charge in [-0.1, -0.05) is 23.7 Å². The van der Waals surface area contributed by atoms with Gasteiger partial charge in [-0.2, -0.15) is 0 Å². The van der Waals surface area contributed by atoms with Crippen molar-refractivity contribution in [2.45, 2.75) is 18.8 Å². The maximum absolute atomic E-state index is 11.5. The van der Waals surface area contributed by atoms with E-state index in [0.29, 0.717) is 5.02 Å². The normalized spacial score (nSPS) is 21.8. The summed E-state index contributed by atoms with van der Waals surface area (Å²) in [6.45, 7) is 0.808. The highest BCUT2D eigenvalue weighted by atomic mass is 35.5. The fourth-order valence-electron chi connectivity index (χ4n) is 1.79. The van der Waals surface area contributed by atoms with Crippen LogP contribution in [0.5, 0.6) is 0 Å². The van der Waals surface area contributed by atoms with E-state index in [2.05, 4.69) is 5.32 Å². The summed E-state index contributed by atoms with van der Waals surface area (Å²) in [4.78, 5) is 11.5. The summed E-state index contributed by atoms with van der Waals surface area (Å²) in [7, 11) is 0. The zero-order chi connectivity index (χ0) is 9.97. The first-order valence-electron chi connectivity index (χ1n) is 4.80. The lowest BCUT2D eigenvalue weighted by Crippen LogP contribution is -2.34. The van der Waals surface area contributed by atoms with Crippen LogP contribution in [-0.2, 0) is 4.79 Å².